The summed E-state index contributed by atoms with van der Waals surface area (Å²) in [5.74, 6) is 0.694. The van der Waals surface area contributed by atoms with Crippen molar-refractivity contribution in [2.45, 2.75) is 40.0 Å². The quantitative estimate of drug-likeness (QED) is 0.605. The van der Waals surface area contributed by atoms with E-state index in [2.05, 4.69) is 39.0 Å². The lowest BCUT2D eigenvalue weighted by Crippen LogP contribution is -2.17. The summed E-state index contributed by atoms with van der Waals surface area (Å²) in [6.07, 6.45) is 7.68. The lowest BCUT2D eigenvalue weighted by molar-refractivity contribution is 0.418. The summed E-state index contributed by atoms with van der Waals surface area (Å²) < 4.78 is 0. The fourth-order valence-corrected chi connectivity index (χ4v) is 2.03. The van der Waals surface area contributed by atoms with Crippen molar-refractivity contribution in [2.24, 2.45) is 11.8 Å². The van der Waals surface area contributed by atoms with Gasteiger partial charge in [-0.1, -0.05) is 23.3 Å². The number of nitrogens with zero attached hydrogens (tertiary/aromatic N) is 1. The maximum Gasteiger partial charge on any atom is 0.0662 e. The minimum atomic E-state index is 0.232. The van der Waals surface area contributed by atoms with E-state index < -0.39 is 0 Å². The fourth-order valence-electron chi connectivity index (χ4n) is 2.03. The van der Waals surface area contributed by atoms with E-state index in [0.29, 0.717) is 5.92 Å². The molecule has 0 fully saturated rings. The molecular formula is C13H19N. The number of rotatable bonds is 2. The molecule has 2 unspecified atom stereocenters. The SMILES string of the molecule is CC(C)=CCC1C(C)=CCCC1C#N. The topological polar surface area (TPSA) is 23.8 Å². The van der Waals surface area contributed by atoms with Gasteiger partial charge in [0.2, 0.25) is 0 Å². The zero-order valence-electron chi connectivity index (χ0n) is 9.38. The highest BCUT2D eigenvalue weighted by Crippen LogP contribution is 2.32. The first-order valence-corrected chi connectivity index (χ1v) is 5.34. The molecule has 0 heterocycles. The Morgan fingerprint density at radius 1 is 1.64 bits per heavy atom. The van der Waals surface area contributed by atoms with Crippen molar-refractivity contribution < 1.29 is 0 Å². The third-order valence-corrected chi connectivity index (χ3v) is 2.96. The second-order valence-electron chi connectivity index (χ2n) is 4.38. The average molecular weight is 189 g/mol. The first kappa shape index (κ1) is 11.0. The number of hydrogen-bond donors (Lipinski definition) is 0. The molecule has 1 aliphatic carbocycles. The third kappa shape index (κ3) is 2.73. The number of hydrogen-bond acceptors (Lipinski definition) is 1. The van der Waals surface area contributed by atoms with Crippen LogP contribution < -0.4 is 0 Å². The molecule has 2 atom stereocenters. The Kier molecular flexibility index (Phi) is 3.95. The maximum atomic E-state index is 9.05. The van der Waals surface area contributed by atoms with Crippen LogP contribution in [0, 0.1) is 23.2 Å². The van der Waals surface area contributed by atoms with Crippen LogP contribution >= 0.6 is 0 Å². The Balaban J connectivity index is 2.71. The van der Waals surface area contributed by atoms with Gasteiger partial charge in [0.05, 0.1) is 12.0 Å². The van der Waals surface area contributed by atoms with Gasteiger partial charge in [-0.3, -0.25) is 0 Å². The van der Waals surface area contributed by atoms with Gasteiger partial charge < -0.3 is 0 Å². The van der Waals surface area contributed by atoms with Crippen LogP contribution in [0.1, 0.15) is 40.0 Å². The molecule has 14 heavy (non-hydrogen) atoms. The van der Waals surface area contributed by atoms with Crippen LogP contribution in [0.3, 0.4) is 0 Å². The molecule has 0 spiro atoms. The van der Waals surface area contributed by atoms with Crippen LogP contribution in [-0.2, 0) is 0 Å². The van der Waals surface area contributed by atoms with Crippen molar-refractivity contribution in [3.05, 3.63) is 23.3 Å². The normalized spacial score (nSPS) is 26.3. The highest BCUT2D eigenvalue weighted by molar-refractivity contribution is 5.15. The van der Waals surface area contributed by atoms with E-state index in [0.717, 1.165) is 19.3 Å². The molecule has 0 aromatic heterocycles. The molecule has 0 aromatic carbocycles. The Bertz CT molecular complexity index is 287. The zero-order chi connectivity index (χ0) is 10.6. The van der Waals surface area contributed by atoms with Crippen LogP contribution in [0.2, 0.25) is 0 Å². The van der Waals surface area contributed by atoms with Gasteiger partial charge >= 0.3 is 0 Å². The van der Waals surface area contributed by atoms with E-state index in [1.165, 1.54) is 11.1 Å². The zero-order valence-corrected chi connectivity index (χ0v) is 9.38. The third-order valence-electron chi connectivity index (χ3n) is 2.96. The molecule has 0 radical (unpaired) electrons. The van der Waals surface area contributed by atoms with E-state index in [-0.39, 0.29) is 5.92 Å². The van der Waals surface area contributed by atoms with Crippen LogP contribution in [0.4, 0.5) is 0 Å². The Hall–Kier alpha value is -1.03. The summed E-state index contributed by atoms with van der Waals surface area (Å²) in [5, 5.41) is 9.05. The van der Waals surface area contributed by atoms with Gasteiger partial charge in [-0.15, -0.1) is 0 Å². The second-order valence-corrected chi connectivity index (χ2v) is 4.38. The lowest BCUT2D eigenvalue weighted by atomic mass is 9.78. The summed E-state index contributed by atoms with van der Waals surface area (Å²) in [6, 6.07) is 2.44. The molecule has 0 saturated heterocycles. The standard InChI is InChI=1S/C13H19N/c1-10(2)7-8-13-11(3)5-4-6-12(13)9-14/h5,7,12-13H,4,6,8H2,1-3H3. The van der Waals surface area contributed by atoms with E-state index in [9.17, 15) is 0 Å². The summed E-state index contributed by atoms with van der Waals surface area (Å²) in [7, 11) is 0. The first-order valence-electron chi connectivity index (χ1n) is 5.34. The van der Waals surface area contributed by atoms with E-state index in [4.69, 9.17) is 5.26 Å². The summed E-state index contributed by atoms with van der Waals surface area (Å²) >= 11 is 0. The molecule has 0 saturated carbocycles. The molecule has 76 valence electrons. The smallest absolute Gasteiger partial charge is 0.0662 e. The minimum Gasteiger partial charge on any atom is -0.198 e. The molecule has 1 rings (SSSR count). The van der Waals surface area contributed by atoms with Gasteiger partial charge in [0.1, 0.15) is 0 Å². The van der Waals surface area contributed by atoms with Crippen molar-refractivity contribution in [3.8, 4) is 6.07 Å². The van der Waals surface area contributed by atoms with Crippen LogP contribution in [-0.4, -0.2) is 0 Å². The van der Waals surface area contributed by atoms with Gasteiger partial charge in [0.25, 0.3) is 0 Å². The minimum absolute atomic E-state index is 0.232. The van der Waals surface area contributed by atoms with E-state index >= 15 is 0 Å². The second kappa shape index (κ2) is 5.00. The summed E-state index contributed by atoms with van der Waals surface area (Å²) in [5.41, 5.74) is 2.75. The van der Waals surface area contributed by atoms with Gasteiger partial charge in [0.15, 0.2) is 0 Å². The van der Waals surface area contributed by atoms with Gasteiger partial charge in [0, 0.05) is 0 Å². The van der Waals surface area contributed by atoms with Crippen molar-refractivity contribution in [3.63, 3.8) is 0 Å². The van der Waals surface area contributed by atoms with Crippen LogP contribution in [0.15, 0.2) is 23.3 Å². The molecule has 0 aromatic rings. The van der Waals surface area contributed by atoms with Crippen LogP contribution in [0.5, 0.6) is 0 Å². The summed E-state index contributed by atoms with van der Waals surface area (Å²) in [6.45, 7) is 6.39. The molecule has 0 N–H and O–H groups in total. The number of nitriles is 1. The molecule has 1 nitrogen and oxygen atoms in total. The molecule has 0 bridgehead atoms. The van der Waals surface area contributed by atoms with Crippen LogP contribution in [0.25, 0.3) is 0 Å². The van der Waals surface area contributed by atoms with Crippen molar-refractivity contribution in [1.82, 2.24) is 0 Å². The van der Waals surface area contributed by atoms with Gasteiger partial charge in [-0.2, -0.15) is 5.26 Å². The van der Waals surface area contributed by atoms with E-state index in [1.54, 1.807) is 0 Å². The Morgan fingerprint density at radius 3 is 2.93 bits per heavy atom. The Morgan fingerprint density at radius 2 is 2.36 bits per heavy atom. The molecule has 1 heteroatoms. The van der Waals surface area contributed by atoms with Crippen molar-refractivity contribution in [2.75, 3.05) is 0 Å². The Labute approximate surface area is 87.1 Å². The van der Waals surface area contributed by atoms with Gasteiger partial charge in [-0.25, -0.2) is 0 Å². The highest BCUT2D eigenvalue weighted by Gasteiger charge is 2.24. The van der Waals surface area contributed by atoms with E-state index in [1.807, 2.05) is 0 Å². The fraction of sp³-hybridized carbons (Fsp3) is 0.615. The lowest BCUT2D eigenvalue weighted by Gasteiger charge is -2.25. The monoisotopic (exact) mass is 189 g/mol. The first-order chi connectivity index (χ1) is 6.65. The predicted octanol–water partition coefficient (Wildman–Crippen LogP) is 3.84. The molecule has 1 aliphatic rings. The van der Waals surface area contributed by atoms with Crippen molar-refractivity contribution >= 4 is 0 Å². The molecular weight excluding hydrogens is 170 g/mol. The largest absolute Gasteiger partial charge is 0.198 e. The van der Waals surface area contributed by atoms with Crippen molar-refractivity contribution in [1.29, 1.82) is 5.26 Å². The van der Waals surface area contributed by atoms with Gasteiger partial charge in [-0.05, 0) is 46.0 Å². The molecule has 0 aliphatic heterocycles. The maximum absolute atomic E-state index is 9.05. The highest BCUT2D eigenvalue weighted by atomic mass is 14.3. The molecule has 0 amide bonds. The average Bonchev–Trinajstić information content (AvgIpc) is 2.15. The predicted molar refractivity (Wildman–Crippen MR) is 59.6 cm³/mol. The number of allylic oxidation sites excluding steroid dienone is 4. The summed E-state index contributed by atoms with van der Waals surface area (Å²) in [4.78, 5) is 0.